The molecule has 0 atom stereocenters. The number of hydrogen-bond donors (Lipinski definition) is 1. The van der Waals surface area contributed by atoms with E-state index in [0.717, 1.165) is 30.7 Å². The quantitative estimate of drug-likeness (QED) is 0.826. The molecular formula is C10H14BrN3. The predicted octanol–water partition coefficient (Wildman–Crippen LogP) is 1.56. The number of rotatable bonds is 1. The molecule has 1 aliphatic rings. The fourth-order valence-corrected chi connectivity index (χ4v) is 2.50. The normalized spacial score (nSPS) is 17.1. The molecule has 4 heteroatoms. The van der Waals surface area contributed by atoms with Gasteiger partial charge in [0.25, 0.3) is 0 Å². The summed E-state index contributed by atoms with van der Waals surface area (Å²) in [6.07, 6.45) is 3.78. The van der Waals surface area contributed by atoms with E-state index in [1.54, 1.807) is 0 Å². The van der Waals surface area contributed by atoms with Gasteiger partial charge < -0.3 is 10.2 Å². The second-order valence-corrected chi connectivity index (χ2v) is 4.38. The topological polar surface area (TPSA) is 28.2 Å². The number of nitrogens with one attached hydrogen (secondary N) is 1. The predicted molar refractivity (Wildman–Crippen MR) is 61.8 cm³/mol. The molecule has 76 valence electrons. The van der Waals surface area contributed by atoms with Gasteiger partial charge in [-0.25, -0.2) is 0 Å². The van der Waals surface area contributed by atoms with E-state index in [0.29, 0.717) is 0 Å². The number of aromatic nitrogens is 1. The molecular weight excluding hydrogens is 242 g/mol. The Balaban J connectivity index is 2.29. The highest BCUT2D eigenvalue weighted by Gasteiger charge is 2.15. The van der Waals surface area contributed by atoms with Gasteiger partial charge >= 0.3 is 0 Å². The van der Waals surface area contributed by atoms with Gasteiger partial charge in [-0.2, -0.15) is 0 Å². The largest absolute Gasteiger partial charge is 0.368 e. The summed E-state index contributed by atoms with van der Waals surface area (Å²) in [7, 11) is 0. The van der Waals surface area contributed by atoms with Gasteiger partial charge in [-0.3, -0.25) is 4.98 Å². The third-order valence-corrected chi connectivity index (χ3v) is 3.07. The highest BCUT2D eigenvalue weighted by molar-refractivity contribution is 9.10. The molecule has 0 aliphatic carbocycles. The fourth-order valence-electron chi connectivity index (χ4n) is 1.81. The Morgan fingerprint density at radius 3 is 2.71 bits per heavy atom. The zero-order valence-corrected chi connectivity index (χ0v) is 9.84. The minimum absolute atomic E-state index is 1.06. The fraction of sp³-hybridized carbons (Fsp3) is 0.500. The van der Waals surface area contributed by atoms with Crippen molar-refractivity contribution in [3.8, 4) is 0 Å². The van der Waals surface area contributed by atoms with Crippen LogP contribution < -0.4 is 10.2 Å². The highest BCUT2D eigenvalue weighted by atomic mass is 79.9. The van der Waals surface area contributed by atoms with Crippen molar-refractivity contribution in [1.82, 2.24) is 10.3 Å². The van der Waals surface area contributed by atoms with Gasteiger partial charge in [0.1, 0.15) is 0 Å². The van der Waals surface area contributed by atoms with Crippen LogP contribution in [-0.4, -0.2) is 31.2 Å². The number of halogens is 1. The molecule has 0 aromatic carbocycles. The van der Waals surface area contributed by atoms with E-state index in [2.05, 4.69) is 38.1 Å². The molecule has 3 nitrogen and oxygen atoms in total. The molecule has 0 spiro atoms. The zero-order chi connectivity index (χ0) is 9.97. The van der Waals surface area contributed by atoms with Gasteiger partial charge in [0, 0.05) is 38.6 Å². The van der Waals surface area contributed by atoms with Crippen molar-refractivity contribution >= 4 is 21.6 Å². The van der Waals surface area contributed by atoms with Crippen LogP contribution in [0.2, 0.25) is 0 Å². The molecule has 0 bridgehead atoms. The monoisotopic (exact) mass is 255 g/mol. The maximum atomic E-state index is 4.15. The lowest BCUT2D eigenvalue weighted by atomic mass is 10.2. The average molecular weight is 256 g/mol. The number of aryl methyl sites for hydroxylation is 1. The third-order valence-electron chi connectivity index (χ3n) is 2.49. The lowest BCUT2D eigenvalue weighted by Crippen LogP contribution is -2.44. The van der Waals surface area contributed by atoms with E-state index in [1.807, 2.05) is 12.4 Å². The molecule has 2 rings (SSSR count). The van der Waals surface area contributed by atoms with Crippen molar-refractivity contribution in [2.24, 2.45) is 0 Å². The second-order valence-electron chi connectivity index (χ2n) is 3.52. The molecule has 0 unspecified atom stereocenters. The van der Waals surface area contributed by atoms with Gasteiger partial charge in [-0.15, -0.1) is 0 Å². The van der Waals surface area contributed by atoms with Crippen molar-refractivity contribution in [3.05, 3.63) is 22.4 Å². The van der Waals surface area contributed by atoms with E-state index < -0.39 is 0 Å². The maximum Gasteiger partial charge on any atom is 0.0595 e. The highest BCUT2D eigenvalue weighted by Crippen LogP contribution is 2.28. The Morgan fingerprint density at radius 2 is 2.07 bits per heavy atom. The van der Waals surface area contributed by atoms with Crippen molar-refractivity contribution in [3.63, 3.8) is 0 Å². The molecule has 1 fully saturated rings. The Labute approximate surface area is 92.6 Å². The number of hydrogen-bond acceptors (Lipinski definition) is 3. The zero-order valence-electron chi connectivity index (χ0n) is 8.26. The summed E-state index contributed by atoms with van der Waals surface area (Å²) in [5.41, 5.74) is 2.53. The molecule has 1 saturated heterocycles. The summed E-state index contributed by atoms with van der Waals surface area (Å²) >= 11 is 3.56. The number of pyridine rings is 1. The minimum atomic E-state index is 1.06. The summed E-state index contributed by atoms with van der Waals surface area (Å²) in [4.78, 5) is 6.55. The Kier molecular flexibility index (Phi) is 3.03. The summed E-state index contributed by atoms with van der Waals surface area (Å²) in [5.74, 6) is 0. The summed E-state index contributed by atoms with van der Waals surface area (Å²) in [6.45, 7) is 6.38. The molecule has 0 radical (unpaired) electrons. The van der Waals surface area contributed by atoms with Crippen LogP contribution in [0, 0.1) is 6.92 Å². The van der Waals surface area contributed by atoms with Gasteiger partial charge in [0.2, 0.25) is 0 Å². The van der Waals surface area contributed by atoms with Gasteiger partial charge in [-0.05, 0) is 28.4 Å². The molecule has 1 N–H and O–H groups in total. The van der Waals surface area contributed by atoms with Crippen molar-refractivity contribution in [2.75, 3.05) is 31.1 Å². The van der Waals surface area contributed by atoms with E-state index >= 15 is 0 Å². The average Bonchev–Trinajstić information content (AvgIpc) is 2.19. The number of nitrogens with zero attached hydrogens (tertiary/aromatic N) is 2. The van der Waals surface area contributed by atoms with Crippen LogP contribution in [0.1, 0.15) is 5.56 Å². The van der Waals surface area contributed by atoms with Gasteiger partial charge in [0.05, 0.1) is 10.2 Å². The molecule has 0 amide bonds. The van der Waals surface area contributed by atoms with Crippen LogP contribution in [0.5, 0.6) is 0 Å². The van der Waals surface area contributed by atoms with E-state index in [1.165, 1.54) is 11.3 Å². The standard InChI is InChI=1S/C10H14BrN3/c1-8-6-13-7-9(11)10(8)14-4-2-12-3-5-14/h6-7,12H,2-5H2,1H3. The lowest BCUT2D eigenvalue weighted by molar-refractivity contribution is 0.587. The van der Waals surface area contributed by atoms with Crippen molar-refractivity contribution in [1.29, 1.82) is 0 Å². The Morgan fingerprint density at radius 1 is 1.36 bits per heavy atom. The first-order valence-electron chi connectivity index (χ1n) is 4.85. The van der Waals surface area contributed by atoms with Gasteiger partial charge in [-0.1, -0.05) is 0 Å². The first-order chi connectivity index (χ1) is 6.79. The Bertz CT molecular complexity index is 301. The molecule has 2 heterocycles. The van der Waals surface area contributed by atoms with Crippen LogP contribution in [0.3, 0.4) is 0 Å². The minimum Gasteiger partial charge on any atom is -0.368 e. The molecule has 14 heavy (non-hydrogen) atoms. The smallest absolute Gasteiger partial charge is 0.0595 e. The maximum absolute atomic E-state index is 4.15. The van der Waals surface area contributed by atoms with E-state index in [9.17, 15) is 0 Å². The van der Waals surface area contributed by atoms with E-state index in [4.69, 9.17) is 0 Å². The number of piperazine rings is 1. The summed E-state index contributed by atoms with van der Waals surface area (Å²) < 4.78 is 1.10. The van der Waals surface area contributed by atoms with Crippen molar-refractivity contribution in [2.45, 2.75) is 6.92 Å². The van der Waals surface area contributed by atoms with E-state index in [-0.39, 0.29) is 0 Å². The SMILES string of the molecule is Cc1cncc(Br)c1N1CCNCC1. The summed E-state index contributed by atoms with van der Waals surface area (Å²) in [6, 6.07) is 0. The van der Waals surface area contributed by atoms with Crippen LogP contribution in [-0.2, 0) is 0 Å². The van der Waals surface area contributed by atoms with Gasteiger partial charge in [0.15, 0.2) is 0 Å². The number of anilines is 1. The van der Waals surface area contributed by atoms with Crippen LogP contribution >= 0.6 is 15.9 Å². The van der Waals surface area contributed by atoms with Crippen molar-refractivity contribution < 1.29 is 0 Å². The molecule has 1 aromatic rings. The lowest BCUT2D eigenvalue weighted by Gasteiger charge is -2.31. The first-order valence-corrected chi connectivity index (χ1v) is 5.64. The second kappa shape index (κ2) is 4.28. The van der Waals surface area contributed by atoms with Crippen LogP contribution in [0.15, 0.2) is 16.9 Å². The molecule has 0 saturated carbocycles. The van der Waals surface area contributed by atoms with Crippen LogP contribution in [0.25, 0.3) is 0 Å². The molecule has 1 aliphatic heterocycles. The Hall–Kier alpha value is -0.610. The first kappa shape index (κ1) is 9.93. The summed E-state index contributed by atoms with van der Waals surface area (Å²) in [5, 5.41) is 3.35. The molecule has 1 aromatic heterocycles. The third kappa shape index (κ3) is 1.91. The van der Waals surface area contributed by atoms with Crippen LogP contribution in [0.4, 0.5) is 5.69 Å².